The third-order valence-electron chi connectivity index (χ3n) is 8.48. The van der Waals surface area contributed by atoms with Crippen LogP contribution in [0.1, 0.15) is 58.3 Å². The average molecular weight is 589 g/mol. The van der Waals surface area contributed by atoms with Crippen LogP contribution in [-0.4, -0.2) is 66.3 Å². The van der Waals surface area contributed by atoms with Crippen molar-refractivity contribution in [1.29, 1.82) is 0 Å². The lowest BCUT2D eigenvalue weighted by Gasteiger charge is -2.32. The van der Waals surface area contributed by atoms with Crippen LogP contribution < -0.4 is 0 Å². The van der Waals surface area contributed by atoms with Gasteiger partial charge in [0.2, 0.25) is 0 Å². The topological polar surface area (TPSA) is 109 Å². The highest BCUT2D eigenvalue weighted by molar-refractivity contribution is 6.30. The van der Waals surface area contributed by atoms with Crippen molar-refractivity contribution in [3.05, 3.63) is 87.8 Å². The first-order valence-electron chi connectivity index (χ1n) is 14.3. The zero-order chi connectivity index (χ0) is 28.8. The number of fused-ring (bicyclic) bond motifs is 2. The standard InChI is InChI=1S/C31H30ClFN6O3/c32-20-2-1-19(24(33)14-20)13-21-3-4-25-29(35-21)23(15-34-25)18-7-10-38(11-8-18)17-28-37-30-27(6-5-26(36-30)31(40)41)39(28)16-22-9-12-42-22/h1-6,14-15,18,22,34H,7-13,16-17H2,(H,40,41)/t22-/m0/s1. The number of hydrogen-bond acceptors (Lipinski definition) is 6. The van der Waals surface area contributed by atoms with Crippen molar-refractivity contribution in [1.82, 2.24) is 29.4 Å². The predicted molar refractivity (Wildman–Crippen MR) is 156 cm³/mol. The Labute approximate surface area is 246 Å². The highest BCUT2D eigenvalue weighted by Gasteiger charge is 2.27. The van der Waals surface area contributed by atoms with E-state index in [1.165, 1.54) is 17.7 Å². The second-order valence-corrected chi connectivity index (χ2v) is 11.6. The van der Waals surface area contributed by atoms with E-state index in [-0.39, 0.29) is 17.6 Å². The fourth-order valence-electron chi connectivity index (χ4n) is 6.06. The van der Waals surface area contributed by atoms with Crippen molar-refractivity contribution in [3.63, 3.8) is 0 Å². The normalized spacial score (nSPS) is 18.1. The number of halogens is 2. The number of aromatic amines is 1. The van der Waals surface area contributed by atoms with E-state index in [9.17, 15) is 14.3 Å². The number of carboxylic acid groups (broad SMARTS) is 1. The molecule has 0 radical (unpaired) electrons. The molecule has 0 aliphatic carbocycles. The molecule has 0 spiro atoms. The maximum Gasteiger partial charge on any atom is 0.354 e. The number of piperidine rings is 1. The molecule has 0 saturated carbocycles. The molecule has 7 rings (SSSR count). The quantitative estimate of drug-likeness (QED) is 0.244. The maximum absolute atomic E-state index is 14.4. The van der Waals surface area contributed by atoms with E-state index in [0.29, 0.717) is 41.7 Å². The van der Waals surface area contributed by atoms with E-state index in [0.717, 1.165) is 67.0 Å². The Bertz CT molecular complexity index is 1790. The summed E-state index contributed by atoms with van der Waals surface area (Å²) < 4.78 is 22.2. The fourth-order valence-corrected chi connectivity index (χ4v) is 6.22. The van der Waals surface area contributed by atoms with E-state index in [2.05, 4.69) is 25.6 Å². The molecule has 11 heteroatoms. The van der Waals surface area contributed by atoms with Gasteiger partial charge in [-0.1, -0.05) is 17.7 Å². The number of carboxylic acids is 1. The van der Waals surface area contributed by atoms with Crippen LogP contribution >= 0.6 is 11.6 Å². The summed E-state index contributed by atoms with van der Waals surface area (Å²) in [6.07, 6.45) is 5.55. The summed E-state index contributed by atoms with van der Waals surface area (Å²) in [7, 11) is 0. The first-order valence-corrected chi connectivity index (χ1v) is 14.6. The van der Waals surface area contributed by atoms with E-state index < -0.39 is 5.97 Å². The van der Waals surface area contributed by atoms with Crippen LogP contribution in [0.25, 0.3) is 22.2 Å². The number of likely N-dealkylation sites (tertiary alicyclic amines) is 1. The number of pyridine rings is 2. The number of benzene rings is 1. The van der Waals surface area contributed by atoms with E-state index in [1.54, 1.807) is 18.2 Å². The molecule has 0 amide bonds. The van der Waals surface area contributed by atoms with Gasteiger partial charge in [-0.05, 0) is 85.8 Å². The number of aromatic nitrogens is 5. The molecule has 1 aromatic carbocycles. The van der Waals surface area contributed by atoms with E-state index in [4.69, 9.17) is 26.3 Å². The average Bonchev–Trinajstić information content (AvgIpc) is 3.53. The van der Waals surface area contributed by atoms with Gasteiger partial charge in [-0.25, -0.2) is 19.2 Å². The Morgan fingerprint density at radius 2 is 1.93 bits per heavy atom. The van der Waals surface area contributed by atoms with Crippen LogP contribution in [-0.2, 0) is 24.2 Å². The van der Waals surface area contributed by atoms with Gasteiger partial charge < -0.3 is 19.4 Å². The first-order chi connectivity index (χ1) is 20.4. The number of H-pyrrole nitrogens is 1. The summed E-state index contributed by atoms with van der Waals surface area (Å²) in [5.74, 6) is -0.153. The van der Waals surface area contributed by atoms with Crippen LogP contribution in [0.4, 0.5) is 4.39 Å². The van der Waals surface area contributed by atoms with Crippen LogP contribution in [0.5, 0.6) is 0 Å². The molecular formula is C31H30ClFN6O3. The molecule has 0 unspecified atom stereocenters. The highest BCUT2D eigenvalue weighted by Crippen LogP contribution is 2.33. The molecule has 216 valence electrons. The van der Waals surface area contributed by atoms with Crippen molar-refractivity contribution < 1.29 is 19.0 Å². The smallest absolute Gasteiger partial charge is 0.354 e. The minimum absolute atomic E-state index is 0.00629. The molecule has 4 aromatic heterocycles. The van der Waals surface area contributed by atoms with Gasteiger partial charge in [-0.15, -0.1) is 0 Å². The lowest BCUT2D eigenvalue weighted by atomic mass is 9.90. The number of hydrogen-bond donors (Lipinski definition) is 2. The molecule has 2 aliphatic heterocycles. The van der Waals surface area contributed by atoms with Crippen LogP contribution in [0.3, 0.4) is 0 Å². The molecule has 42 heavy (non-hydrogen) atoms. The Kier molecular flexibility index (Phi) is 7.13. The Morgan fingerprint density at radius 1 is 1.10 bits per heavy atom. The van der Waals surface area contributed by atoms with Crippen molar-refractivity contribution in [2.75, 3.05) is 19.7 Å². The van der Waals surface area contributed by atoms with Gasteiger partial charge in [0.05, 0.1) is 35.7 Å². The summed E-state index contributed by atoms with van der Waals surface area (Å²) in [4.78, 5) is 31.2. The Balaban J connectivity index is 1.07. The van der Waals surface area contributed by atoms with Crippen LogP contribution in [0.15, 0.2) is 48.7 Å². The molecule has 6 heterocycles. The van der Waals surface area contributed by atoms with Crippen LogP contribution in [0, 0.1) is 5.82 Å². The van der Waals surface area contributed by atoms with Gasteiger partial charge in [0.15, 0.2) is 11.3 Å². The minimum Gasteiger partial charge on any atom is -0.477 e. The molecule has 5 aromatic rings. The Morgan fingerprint density at radius 3 is 2.67 bits per heavy atom. The molecule has 2 saturated heterocycles. The number of ether oxygens (including phenoxy) is 1. The third-order valence-corrected chi connectivity index (χ3v) is 8.71. The first kappa shape index (κ1) is 27.0. The van der Waals surface area contributed by atoms with Gasteiger partial charge in [0, 0.05) is 29.9 Å². The van der Waals surface area contributed by atoms with Gasteiger partial charge in [0.25, 0.3) is 0 Å². The lowest BCUT2D eigenvalue weighted by molar-refractivity contribution is -0.0592. The van der Waals surface area contributed by atoms with Crippen molar-refractivity contribution in [3.8, 4) is 0 Å². The van der Waals surface area contributed by atoms with Crippen molar-refractivity contribution in [2.45, 2.75) is 50.8 Å². The molecule has 1 atom stereocenters. The van der Waals surface area contributed by atoms with Gasteiger partial charge in [-0.2, -0.15) is 0 Å². The summed E-state index contributed by atoms with van der Waals surface area (Å²) in [5, 5.41) is 9.78. The van der Waals surface area contributed by atoms with Crippen LogP contribution in [0.2, 0.25) is 5.02 Å². The Hall–Kier alpha value is -3.86. The lowest BCUT2D eigenvalue weighted by Crippen LogP contribution is -2.35. The molecular weight excluding hydrogens is 559 g/mol. The molecule has 2 fully saturated rings. The number of imidazole rings is 1. The number of nitrogens with one attached hydrogen (secondary N) is 1. The van der Waals surface area contributed by atoms with E-state index in [1.807, 2.05) is 12.1 Å². The monoisotopic (exact) mass is 588 g/mol. The number of aromatic carboxylic acids is 1. The molecule has 2 N–H and O–H groups in total. The second-order valence-electron chi connectivity index (χ2n) is 11.2. The summed E-state index contributed by atoms with van der Waals surface area (Å²) in [6, 6.07) is 12.0. The van der Waals surface area contributed by atoms with Crippen molar-refractivity contribution >= 4 is 39.8 Å². The highest BCUT2D eigenvalue weighted by atomic mass is 35.5. The third kappa shape index (κ3) is 5.26. The zero-order valence-corrected chi connectivity index (χ0v) is 23.6. The fraction of sp³-hybridized carbons (Fsp3) is 0.355. The SMILES string of the molecule is O=C(O)c1ccc2c(n1)nc(CN1CCC(c3c[nH]c4ccc(Cc5ccc(Cl)cc5F)nc34)CC1)n2C[C@@H]1CCO1. The van der Waals surface area contributed by atoms with Gasteiger partial charge in [0.1, 0.15) is 11.6 Å². The second kappa shape index (κ2) is 11.1. The van der Waals surface area contributed by atoms with Gasteiger partial charge in [-0.3, -0.25) is 9.88 Å². The summed E-state index contributed by atoms with van der Waals surface area (Å²) >= 11 is 5.92. The molecule has 0 bridgehead atoms. The summed E-state index contributed by atoms with van der Waals surface area (Å²) in [6.45, 7) is 3.89. The maximum atomic E-state index is 14.4. The molecule has 9 nitrogen and oxygen atoms in total. The number of rotatable bonds is 8. The number of nitrogens with zero attached hydrogens (tertiary/aromatic N) is 5. The van der Waals surface area contributed by atoms with E-state index >= 15 is 0 Å². The summed E-state index contributed by atoms with van der Waals surface area (Å²) in [5.41, 5.74) is 5.79. The van der Waals surface area contributed by atoms with Crippen molar-refractivity contribution in [2.24, 2.45) is 0 Å². The largest absolute Gasteiger partial charge is 0.477 e. The van der Waals surface area contributed by atoms with Gasteiger partial charge >= 0.3 is 5.97 Å². The number of carbonyl (C=O) groups is 1. The minimum atomic E-state index is -1.06. The predicted octanol–water partition coefficient (Wildman–Crippen LogP) is 5.56. The molecule has 2 aliphatic rings. The zero-order valence-electron chi connectivity index (χ0n) is 22.9.